The molecule has 1 aliphatic rings. The van der Waals surface area contributed by atoms with E-state index in [9.17, 15) is 5.11 Å². The Labute approximate surface area is 108 Å². The number of aryl methyl sites for hydroxylation is 2. The van der Waals surface area contributed by atoms with Crippen LogP contribution >= 0.6 is 11.3 Å². The van der Waals surface area contributed by atoms with Crippen molar-refractivity contribution < 1.29 is 5.11 Å². The molecule has 0 spiro atoms. The van der Waals surface area contributed by atoms with Crippen LogP contribution in [0, 0.1) is 25.7 Å². The van der Waals surface area contributed by atoms with Crippen molar-refractivity contribution in [3.8, 4) is 0 Å². The Morgan fingerprint density at radius 3 is 2.71 bits per heavy atom. The second-order valence-corrected chi connectivity index (χ2v) is 6.98. The van der Waals surface area contributed by atoms with E-state index in [4.69, 9.17) is 0 Å². The molecule has 2 nitrogen and oxygen atoms in total. The Balaban J connectivity index is 2.15. The number of nitrogens with zero attached hydrogens (tertiary/aromatic N) is 1. The van der Waals surface area contributed by atoms with E-state index in [2.05, 4.69) is 25.8 Å². The van der Waals surface area contributed by atoms with E-state index in [1.807, 2.05) is 6.92 Å². The molecule has 1 aromatic heterocycles. The lowest BCUT2D eigenvalue weighted by Crippen LogP contribution is -2.44. The molecular weight excluding hydrogens is 230 g/mol. The summed E-state index contributed by atoms with van der Waals surface area (Å²) in [5, 5.41) is 11.9. The van der Waals surface area contributed by atoms with Crippen molar-refractivity contribution in [2.24, 2.45) is 11.8 Å². The van der Waals surface area contributed by atoms with Crippen LogP contribution in [0.3, 0.4) is 0 Å². The molecule has 3 unspecified atom stereocenters. The fourth-order valence-electron chi connectivity index (χ4n) is 2.86. The van der Waals surface area contributed by atoms with Crippen LogP contribution in [-0.2, 0) is 6.42 Å². The van der Waals surface area contributed by atoms with Crippen molar-refractivity contribution in [1.82, 2.24) is 4.98 Å². The number of aromatic nitrogens is 1. The summed E-state index contributed by atoms with van der Waals surface area (Å²) >= 11 is 1.74. The normalized spacial score (nSPS) is 33.9. The van der Waals surface area contributed by atoms with Gasteiger partial charge >= 0.3 is 0 Å². The van der Waals surface area contributed by atoms with Crippen LogP contribution in [0.15, 0.2) is 0 Å². The molecule has 0 radical (unpaired) electrons. The van der Waals surface area contributed by atoms with Crippen LogP contribution in [-0.4, -0.2) is 15.7 Å². The molecule has 1 aromatic rings. The van der Waals surface area contributed by atoms with Gasteiger partial charge in [-0.05, 0) is 32.1 Å². The highest BCUT2D eigenvalue weighted by Crippen LogP contribution is 2.40. The van der Waals surface area contributed by atoms with Crippen molar-refractivity contribution in [2.75, 3.05) is 0 Å². The maximum absolute atomic E-state index is 10.8. The Bertz CT molecular complexity index is 381. The molecule has 0 aromatic carbocycles. The zero-order chi connectivity index (χ0) is 12.6. The van der Waals surface area contributed by atoms with E-state index in [0.717, 1.165) is 30.0 Å². The van der Waals surface area contributed by atoms with Crippen molar-refractivity contribution in [2.45, 2.75) is 59.0 Å². The topological polar surface area (TPSA) is 33.1 Å². The summed E-state index contributed by atoms with van der Waals surface area (Å²) in [6.45, 7) is 8.60. The van der Waals surface area contributed by atoms with Gasteiger partial charge in [-0.1, -0.05) is 26.7 Å². The largest absolute Gasteiger partial charge is 0.389 e. The molecule has 1 aliphatic carbocycles. The molecule has 1 saturated carbocycles. The van der Waals surface area contributed by atoms with Gasteiger partial charge in [0.25, 0.3) is 0 Å². The SMILES string of the molecule is Cc1nc(CC2(O)CCCC(C)C2C)sc1C. The fourth-order valence-corrected chi connectivity index (χ4v) is 3.91. The number of hydrogen-bond donors (Lipinski definition) is 1. The molecule has 0 bridgehead atoms. The van der Waals surface area contributed by atoms with E-state index < -0.39 is 5.60 Å². The Morgan fingerprint density at radius 2 is 2.12 bits per heavy atom. The highest BCUT2D eigenvalue weighted by Gasteiger charge is 2.40. The first kappa shape index (κ1) is 13.0. The van der Waals surface area contributed by atoms with Crippen molar-refractivity contribution >= 4 is 11.3 Å². The van der Waals surface area contributed by atoms with Crippen molar-refractivity contribution in [3.63, 3.8) is 0 Å². The number of aliphatic hydroxyl groups is 1. The van der Waals surface area contributed by atoms with E-state index >= 15 is 0 Å². The predicted molar refractivity (Wildman–Crippen MR) is 72.4 cm³/mol. The molecular formula is C14H23NOS. The van der Waals surface area contributed by atoms with Crippen molar-refractivity contribution in [1.29, 1.82) is 0 Å². The zero-order valence-electron chi connectivity index (χ0n) is 11.3. The monoisotopic (exact) mass is 253 g/mol. The summed E-state index contributed by atoms with van der Waals surface area (Å²) in [6.07, 6.45) is 4.05. The third kappa shape index (κ3) is 2.55. The highest BCUT2D eigenvalue weighted by molar-refractivity contribution is 7.11. The summed E-state index contributed by atoms with van der Waals surface area (Å²) in [7, 11) is 0. The van der Waals surface area contributed by atoms with Gasteiger partial charge in [-0.15, -0.1) is 11.3 Å². The third-order valence-corrected chi connectivity index (χ3v) is 5.57. The van der Waals surface area contributed by atoms with E-state index in [1.165, 1.54) is 11.3 Å². The van der Waals surface area contributed by atoms with Crippen molar-refractivity contribution in [3.05, 3.63) is 15.6 Å². The molecule has 3 atom stereocenters. The first-order valence-corrected chi connectivity index (χ1v) is 7.39. The average molecular weight is 253 g/mol. The summed E-state index contributed by atoms with van der Waals surface area (Å²) in [5.74, 6) is 0.997. The van der Waals surface area contributed by atoms with Crippen LogP contribution in [0.4, 0.5) is 0 Å². The van der Waals surface area contributed by atoms with Gasteiger partial charge in [0.05, 0.1) is 16.3 Å². The van der Waals surface area contributed by atoms with Gasteiger partial charge in [-0.25, -0.2) is 4.98 Å². The molecule has 0 amide bonds. The van der Waals surface area contributed by atoms with Crippen LogP contribution < -0.4 is 0 Å². The standard InChI is InChI=1S/C14H23NOS/c1-9-6-5-7-14(16,10(9)2)8-13-15-11(3)12(4)17-13/h9-10,16H,5-8H2,1-4H3. The highest BCUT2D eigenvalue weighted by atomic mass is 32.1. The Hall–Kier alpha value is -0.410. The molecule has 0 saturated heterocycles. The predicted octanol–water partition coefficient (Wildman–Crippen LogP) is 3.49. The minimum atomic E-state index is -0.533. The zero-order valence-corrected chi connectivity index (χ0v) is 12.1. The van der Waals surface area contributed by atoms with Crippen LogP contribution in [0.2, 0.25) is 0 Å². The minimum Gasteiger partial charge on any atom is -0.389 e. The smallest absolute Gasteiger partial charge is 0.0959 e. The van der Waals surface area contributed by atoms with Gasteiger partial charge in [0, 0.05) is 11.3 Å². The molecule has 1 fully saturated rings. The lowest BCUT2D eigenvalue weighted by atomic mass is 9.69. The number of hydrogen-bond acceptors (Lipinski definition) is 3. The molecule has 1 heterocycles. The van der Waals surface area contributed by atoms with Crippen LogP contribution in [0.5, 0.6) is 0 Å². The maximum atomic E-state index is 10.8. The number of rotatable bonds is 2. The molecule has 1 N–H and O–H groups in total. The van der Waals surface area contributed by atoms with Gasteiger partial charge < -0.3 is 5.11 Å². The molecule has 96 valence electrons. The Kier molecular flexibility index (Phi) is 3.60. The van der Waals surface area contributed by atoms with Gasteiger partial charge in [0.2, 0.25) is 0 Å². The van der Waals surface area contributed by atoms with E-state index in [0.29, 0.717) is 11.8 Å². The third-order valence-electron chi connectivity index (χ3n) is 4.50. The lowest BCUT2D eigenvalue weighted by molar-refractivity contribution is -0.0621. The minimum absolute atomic E-state index is 0.376. The van der Waals surface area contributed by atoms with E-state index in [1.54, 1.807) is 11.3 Å². The molecule has 2 rings (SSSR count). The van der Waals surface area contributed by atoms with E-state index in [-0.39, 0.29) is 0 Å². The second kappa shape index (κ2) is 4.69. The molecule has 17 heavy (non-hydrogen) atoms. The average Bonchev–Trinajstić information content (AvgIpc) is 2.54. The summed E-state index contributed by atoms with van der Waals surface area (Å²) in [4.78, 5) is 5.85. The lowest BCUT2D eigenvalue weighted by Gasteiger charge is -2.41. The second-order valence-electron chi connectivity index (χ2n) is 5.69. The number of thiazole rings is 1. The van der Waals surface area contributed by atoms with Crippen LogP contribution in [0.1, 0.15) is 48.7 Å². The van der Waals surface area contributed by atoms with Gasteiger partial charge in [0.15, 0.2) is 0 Å². The Morgan fingerprint density at radius 1 is 1.41 bits per heavy atom. The fraction of sp³-hybridized carbons (Fsp3) is 0.786. The van der Waals surface area contributed by atoms with Crippen LogP contribution in [0.25, 0.3) is 0 Å². The molecule has 0 aliphatic heterocycles. The maximum Gasteiger partial charge on any atom is 0.0959 e. The summed E-state index contributed by atoms with van der Waals surface area (Å²) in [5.41, 5.74) is 0.583. The first-order valence-electron chi connectivity index (χ1n) is 6.57. The first-order chi connectivity index (χ1) is 7.92. The molecule has 3 heteroatoms. The summed E-state index contributed by atoms with van der Waals surface area (Å²) in [6, 6.07) is 0. The van der Waals surface area contributed by atoms with Gasteiger partial charge in [0.1, 0.15) is 0 Å². The summed E-state index contributed by atoms with van der Waals surface area (Å²) < 4.78 is 0. The quantitative estimate of drug-likeness (QED) is 0.875. The van der Waals surface area contributed by atoms with Gasteiger partial charge in [-0.3, -0.25) is 0 Å². The van der Waals surface area contributed by atoms with Gasteiger partial charge in [-0.2, -0.15) is 0 Å².